The number of hydrogen-bond donors (Lipinski definition) is 2. The largest absolute Gasteiger partial charge is 0.363 e. The lowest BCUT2D eigenvalue weighted by molar-refractivity contribution is -0.157. The summed E-state index contributed by atoms with van der Waals surface area (Å²) in [6, 6.07) is 0.200. The summed E-state index contributed by atoms with van der Waals surface area (Å²) in [5, 5.41) is 6.35. The van der Waals surface area contributed by atoms with Crippen molar-refractivity contribution in [2.75, 3.05) is 19.7 Å². The summed E-state index contributed by atoms with van der Waals surface area (Å²) in [7, 11) is 0. The van der Waals surface area contributed by atoms with Crippen molar-refractivity contribution in [1.82, 2.24) is 10.6 Å². The van der Waals surface area contributed by atoms with Crippen molar-refractivity contribution in [1.29, 1.82) is 0 Å². The first-order chi connectivity index (χ1) is 6.77. The van der Waals surface area contributed by atoms with Crippen LogP contribution in [0.2, 0.25) is 0 Å². The maximum absolute atomic E-state index is 11.2. The van der Waals surface area contributed by atoms with E-state index in [1.54, 1.807) is 0 Å². The van der Waals surface area contributed by atoms with Gasteiger partial charge in [-0.1, -0.05) is 6.92 Å². The Morgan fingerprint density at radius 3 is 2.86 bits per heavy atom. The SMILES string of the molecule is CCC1NC(=O)COC12CCNCC2. The second-order valence-electron chi connectivity index (χ2n) is 4.13. The maximum atomic E-state index is 11.2. The van der Waals surface area contributed by atoms with E-state index in [0.29, 0.717) is 0 Å². The summed E-state index contributed by atoms with van der Waals surface area (Å²) in [5.74, 6) is 0.0287. The minimum Gasteiger partial charge on any atom is -0.363 e. The molecule has 2 N–H and O–H groups in total. The van der Waals surface area contributed by atoms with Crippen molar-refractivity contribution in [3.05, 3.63) is 0 Å². The molecule has 14 heavy (non-hydrogen) atoms. The fourth-order valence-electron chi connectivity index (χ4n) is 2.49. The number of nitrogens with one attached hydrogen (secondary N) is 2. The Morgan fingerprint density at radius 1 is 1.50 bits per heavy atom. The number of amides is 1. The Kier molecular flexibility index (Phi) is 2.74. The van der Waals surface area contributed by atoms with Crippen LogP contribution in [0.1, 0.15) is 26.2 Å². The fraction of sp³-hybridized carbons (Fsp3) is 0.900. The molecule has 2 fully saturated rings. The van der Waals surface area contributed by atoms with Crippen LogP contribution in [0.4, 0.5) is 0 Å². The van der Waals surface area contributed by atoms with E-state index in [1.165, 1.54) is 0 Å². The van der Waals surface area contributed by atoms with Gasteiger partial charge in [-0.3, -0.25) is 4.79 Å². The number of rotatable bonds is 1. The molecule has 0 saturated carbocycles. The van der Waals surface area contributed by atoms with Crippen LogP contribution in [-0.2, 0) is 9.53 Å². The zero-order valence-corrected chi connectivity index (χ0v) is 8.64. The van der Waals surface area contributed by atoms with Gasteiger partial charge in [0.2, 0.25) is 5.91 Å². The quantitative estimate of drug-likeness (QED) is 0.625. The highest BCUT2D eigenvalue weighted by Crippen LogP contribution is 2.30. The third kappa shape index (κ3) is 1.64. The first-order valence-corrected chi connectivity index (χ1v) is 5.41. The average molecular weight is 198 g/mol. The molecule has 0 aromatic rings. The van der Waals surface area contributed by atoms with Crippen molar-refractivity contribution < 1.29 is 9.53 Å². The molecule has 0 bridgehead atoms. The van der Waals surface area contributed by atoms with E-state index in [1.807, 2.05) is 0 Å². The number of morpholine rings is 1. The van der Waals surface area contributed by atoms with E-state index in [2.05, 4.69) is 17.6 Å². The van der Waals surface area contributed by atoms with Crippen LogP contribution < -0.4 is 10.6 Å². The highest BCUT2D eigenvalue weighted by Gasteiger charge is 2.43. The van der Waals surface area contributed by atoms with Gasteiger partial charge in [-0.05, 0) is 32.4 Å². The Morgan fingerprint density at radius 2 is 2.21 bits per heavy atom. The van der Waals surface area contributed by atoms with Crippen LogP contribution in [0.5, 0.6) is 0 Å². The number of piperidine rings is 1. The minimum absolute atomic E-state index is 0.0287. The van der Waals surface area contributed by atoms with Crippen LogP contribution in [0.3, 0.4) is 0 Å². The average Bonchev–Trinajstić information content (AvgIpc) is 2.23. The predicted octanol–water partition coefficient (Wildman–Crippen LogP) is 0.0336. The van der Waals surface area contributed by atoms with Gasteiger partial charge in [-0.2, -0.15) is 0 Å². The van der Waals surface area contributed by atoms with Gasteiger partial charge < -0.3 is 15.4 Å². The lowest BCUT2D eigenvalue weighted by Crippen LogP contribution is -2.63. The first kappa shape index (κ1) is 9.93. The molecule has 0 aromatic heterocycles. The van der Waals surface area contributed by atoms with E-state index in [4.69, 9.17) is 4.74 Å². The summed E-state index contributed by atoms with van der Waals surface area (Å²) in [5.41, 5.74) is -0.0894. The molecular formula is C10H18N2O2. The predicted molar refractivity (Wildman–Crippen MR) is 53.0 cm³/mol. The van der Waals surface area contributed by atoms with Gasteiger partial charge in [0.05, 0.1) is 11.6 Å². The number of carbonyl (C=O) groups is 1. The van der Waals surface area contributed by atoms with E-state index in [9.17, 15) is 4.79 Å². The minimum atomic E-state index is -0.0894. The molecule has 80 valence electrons. The van der Waals surface area contributed by atoms with Crippen molar-refractivity contribution >= 4 is 5.91 Å². The molecule has 0 aromatic carbocycles. The van der Waals surface area contributed by atoms with Crippen LogP contribution in [0.15, 0.2) is 0 Å². The second kappa shape index (κ2) is 3.87. The summed E-state index contributed by atoms with van der Waals surface area (Å²) in [6.07, 6.45) is 2.96. The number of hydrogen-bond acceptors (Lipinski definition) is 3. The summed E-state index contributed by atoms with van der Waals surface area (Å²) >= 11 is 0. The van der Waals surface area contributed by atoms with Crippen LogP contribution >= 0.6 is 0 Å². The van der Waals surface area contributed by atoms with Crippen LogP contribution in [-0.4, -0.2) is 37.2 Å². The lowest BCUT2D eigenvalue weighted by atomic mass is 9.82. The first-order valence-electron chi connectivity index (χ1n) is 5.41. The van der Waals surface area contributed by atoms with Crippen molar-refractivity contribution in [2.24, 2.45) is 0 Å². The third-order valence-electron chi connectivity index (χ3n) is 3.32. The molecule has 2 rings (SSSR count). The van der Waals surface area contributed by atoms with Gasteiger partial charge in [0, 0.05) is 0 Å². The number of carbonyl (C=O) groups excluding carboxylic acids is 1. The topological polar surface area (TPSA) is 50.4 Å². The van der Waals surface area contributed by atoms with E-state index < -0.39 is 0 Å². The zero-order chi connectivity index (χ0) is 10.0. The third-order valence-corrected chi connectivity index (χ3v) is 3.32. The van der Waals surface area contributed by atoms with E-state index in [0.717, 1.165) is 32.4 Å². The molecule has 1 amide bonds. The molecule has 4 heteroatoms. The zero-order valence-electron chi connectivity index (χ0n) is 8.64. The molecular weight excluding hydrogens is 180 g/mol. The van der Waals surface area contributed by atoms with Crippen LogP contribution in [0, 0.1) is 0 Å². The summed E-state index contributed by atoms with van der Waals surface area (Å²) in [6.45, 7) is 4.32. The Hall–Kier alpha value is -0.610. The monoisotopic (exact) mass is 198 g/mol. The molecule has 1 unspecified atom stereocenters. The van der Waals surface area contributed by atoms with Gasteiger partial charge in [-0.15, -0.1) is 0 Å². The second-order valence-corrected chi connectivity index (χ2v) is 4.13. The van der Waals surface area contributed by atoms with Gasteiger partial charge in [-0.25, -0.2) is 0 Å². The Labute approximate surface area is 84.4 Å². The molecule has 0 aliphatic carbocycles. The van der Waals surface area contributed by atoms with Gasteiger partial charge in [0.1, 0.15) is 6.61 Å². The van der Waals surface area contributed by atoms with Crippen molar-refractivity contribution in [3.8, 4) is 0 Å². The van der Waals surface area contributed by atoms with Crippen molar-refractivity contribution in [3.63, 3.8) is 0 Å². The normalized spacial score (nSPS) is 31.5. The Balaban J connectivity index is 2.10. The molecule has 4 nitrogen and oxygen atoms in total. The van der Waals surface area contributed by atoms with Crippen molar-refractivity contribution in [2.45, 2.75) is 37.8 Å². The van der Waals surface area contributed by atoms with E-state index in [-0.39, 0.29) is 24.2 Å². The smallest absolute Gasteiger partial charge is 0.246 e. The van der Waals surface area contributed by atoms with Gasteiger partial charge in [0.15, 0.2) is 0 Å². The summed E-state index contributed by atoms with van der Waals surface area (Å²) < 4.78 is 5.77. The van der Waals surface area contributed by atoms with E-state index >= 15 is 0 Å². The molecule has 2 aliphatic rings. The summed E-state index contributed by atoms with van der Waals surface area (Å²) in [4.78, 5) is 11.2. The molecule has 2 saturated heterocycles. The molecule has 1 atom stereocenters. The lowest BCUT2D eigenvalue weighted by Gasteiger charge is -2.46. The molecule has 1 spiro atoms. The maximum Gasteiger partial charge on any atom is 0.246 e. The highest BCUT2D eigenvalue weighted by molar-refractivity contribution is 5.78. The Bertz CT molecular complexity index is 224. The molecule has 0 radical (unpaired) electrons. The van der Waals surface area contributed by atoms with Gasteiger partial charge in [0.25, 0.3) is 0 Å². The van der Waals surface area contributed by atoms with Crippen LogP contribution in [0.25, 0.3) is 0 Å². The molecule has 2 heterocycles. The standard InChI is InChI=1S/C10H18N2O2/c1-2-8-10(3-5-11-6-4-10)14-7-9(13)12-8/h8,11H,2-7H2,1H3,(H,12,13). The fourth-order valence-corrected chi connectivity index (χ4v) is 2.49. The highest BCUT2D eigenvalue weighted by atomic mass is 16.5. The number of ether oxygens (including phenoxy) is 1. The molecule has 2 aliphatic heterocycles. The van der Waals surface area contributed by atoms with Gasteiger partial charge >= 0.3 is 0 Å².